The van der Waals surface area contributed by atoms with Crippen molar-refractivity contribution in [2.45, 2.75) is 32.6 Å². The number of nitrogens with one attached hydrogen (secondary N) is 2. The lowest BCUT2D eigenvalue weighted by molar-refractivity contribution is -0.149. The van der Waals surface area contributed by atoms with Crippen molar-refractivity contribution in [2.24, 2.45) is 5.10 Å². The SMILES string of the molecule is CCCNC(=O)NC(=O)COC(=O)CCC(=O)N1CCC(c2ccccc2)=N1. The maximum atomic E-state index is 12.2. The molecule has 1 heterocycles. The summed E-state index contributed by atoms with van der Waals surface area (Å²) in [6.07, 6.45) is 1.16. The third-order valence-corrected chi connectivity index (χ3v) is 3.89. The Labute approximate surface area is 163 Å². The fraction of sp³-hybridized carbons (Fsp3) is 0.421. The summed E-state index contributed by atoms with van der Waals surface area (Å²) in [4.78, 5) is 46.7. The average Bonchev–Trinajstić information content (AvgIpc) is 3.20. The van der Waals surface area contributed by atoms with E-state index in [9.17, 15) is 19.2 Å². The number of hydrogen-bond acceptors (Lipinski definition) is 6. The number of esters is 1. The number of amides is 4. The van der Waals surface area contributed by atoms with Crippen molar-refractivity contribution in [1.29, 1.82) is 0 Å². The van der Waals surface area contributed by atoms with Crippen LogP contribution < -0.4 is 10.6 Å². The number of benzene rings is 1. The first-order chi connectivity index (χ1) is 13.5. The third-order valence-electron chi connectivity index (χ3n) is 3.89. The summed E-state index contributed by atoms with van der Waals surface area (Å²) in [6, 6.07) is 8.93. The molecule has 0 saturated heterocycles. The van der Waals surface area contributed by atoms with Crippen LogP contribution in [0.5, 0.6) is 0 Å². The number of hydrazone groups is 1. The van der Waals surface area contributed by atoms with E-state index in [0.717, 1.165) is 17.7 Å². The van der Waals surface area contributed by atoms with E-state index in [4.69, 9.17) is 4.74 Å². The molecular weight excluding hydrogens is 364 g/mol. The van der Waals surface area contributed by atoms with Gasteiger partial charge in [0.1, 0.15) is 0 Å². The van der Waals surface area contributed by atoms with Gasteiger partial charge in [0.05, 0.1) is 18.7 Å². The minimum Gasteiger partial charge on any atom is -0.456 e. The first-order valence-corrected chi connectivity index (χ1v) is 9.16. The van der Waals surface area contributed by atoms with Crippen LogP contribution in [-0.4, -0.2) is 54.2 Å². The molecule has 0 fully saturated rings. The minimum absolute atomic E-state index is 0.0665. The van der Waals surface area contributed by atoms with Crippen LogP contribution >= 0.6 is 0 Å². The normalized spacial score (nSPS) is 12.9. The largest absolute Gasteiger partial charge is 0.456 e. The highest BCUT2D eigenvalue weighted by Gasteiger charge is 2.22. The number of rotatable bonds is 8. The summed E-state index contributed by atoms with van der Waals surface area (Å²) in [5, 5.41) is 10.2. The van der Waals surface area contributed by atoms with E-state index in [1.54, 1.807) is 0 Å². The number of nitrogens with zero attached hydrogens (tertiary/aromatic N) is 2. The number of ether oxygens (including phenoxy) is 1. The first kappa shape index (κ1) is 21.1. The summed E-state index contributed by atoms with van der Waals surface area (Å²) in [7, 11) is 0. The Bertz CT molecular complexity index is 748. The van der Waals surface area contributed by atoms with Crippen LogP contribution in [-0.2, 0) is 19.1 Å². The molecule has 28 heavy (non-hydrogen) atoms. The van der Waals surface area contributed by atoms with Gasteiger partial charge in [0.2, 0.25) is 5.91 Å². The molecule has 0 spiro atoms. The monoisotopic (exact) mass is 388 g/mol. The smallest absolute Gasteiger partial charge is 0.321 e. The number of urea groups is 1. The van der Waals surface area contributed by atoms with Gasteiger partial charge in [-0.1, -0.05) is 37.3 Å². The van der Waals surface area contributed by atoms with Gasteiger partial charge in [-0.15, -0.1) is 0 Å². The molecule has 1 aliphatic rings. The molecule has 0 saturated carbocycles. The summed E-state index contributed by atoms with van der Waals surface area (Å²) >= 11 is 0. The second-order valence-electron chi connectivity index (χ2n) is 6.14. The lowest BCUT2D eigenvalue weighted by Crippen LogP contribution is -2.41. The highest BCUT2D eigenvalue weighted by atomic mass is 16.5. The zero-order valence-corrected chi connectivity index (χ0v) is 15.8. The number of imide groups is 1. The van der Waals surface area contributed by atoms with E-state index in [1.165, 1.54) is 5.01 Å². The van der Waals surface area contributed by atoms with Crippen LogP contribution in [0, 0.1) is 0 Å². The molecule has 0 radical (unpaired) electrons. The topological polar surface area (TPSA) is 117 Å². The molecule has 0 unspecified atom stereocenters. The molecular formula is C19H24N4O5. The highest BCUT2D eigenvalue weighted by molar-refractivity contribution is 6.02. The Morgan fingerprint density at radius 2 is 1.89 bits per heavy atom. The van der Waals surface area contributed by atoms with Crippen LogP contribution in [0.4, 0.5) is 4.79 Å². The molecule has 2 N–H and O–H groups in total. The lowest BCUT2D eigenvalue weighted by atomic mass is 10.1. The summed E-state index contributed by atoms with van der Waals surface area (Å²) in [5.41, 5.74) is 1.79. The molecule has 1 aromatic carbocycles. The molecule has 0 aliphatic carbocycles. The van der Waals surface area contributed by atoms with Gasteiger partial charge in [0, 0.05) is 19.4 Å². The predicted octanol–water partition coefficient (Wildman–Crippen LogP) is 1.18. The highest BCUT2D eigenvalue weighted by Crippen LogP contribution is 2.15. The van der Waals surface area contributed by atoms with Crippen LogP contribution in [0.3, 0.4) is 0 Å². The Hall–Kier alpha value is -3.23. The van der Waals surface area contributed by atoms with Crippen molar-refractivity contribution in [3.8, 4) is 0 Å². The van der Waals surface area contributed by atoms with Crippen molar-refractivity contribution < 1.29 is 23.9 Å². The molecule has 9 heteroatoms. The van der Waals surface area contributed by atoms with Gasteiger partial charge in [-0.2, -0.15) is 5.10 Å². The Kier molecular flexibility index (Phi) is 8.13. The van der Waals surface area contributed by atoms with Crippen LogP contribution in [0.15, 0.2) is 35.4 Å². The second kappa shape index (κ2) is 10.8. The van der Waals surface area contributed by atoms with Gasteiger partial charge in [0.15, 0.2) is 6.61 Å². The quantitative estimate of drug-likeness (QED) is 0.649. The molecule has 1 aromatic rings. The van der Waals surface area contributed by atoms with Crippen LogP contribution in [0.1, 0.15) is 38.2 Å². The molecule has 150 valence electrons. The standard InChI is InChI=1S/C19H24N4O5/c1-2-11-20-19(27)21-16(24)13-28-18(26)9-8-17(25)23-12-10-15(22-23)14-6-4-3-5-7-14/h3-7H,2,8-13H2,1H3,(H2,20,21,24,27). The van der Waals surface area contributed by atoms with Crippen molar-refractivity contribution in [1.82, 2.24) is 15.6 Å². The lowest BCUT2D eigenvalue weighted by Gasteiger charge is -2.11. The van der Waals surface area contributed by atoms with E-state index < -0.39 is 24.5 Å². The van der Waals surface area contributed by atoms with E-state index in [-0.39, 0.29) is 18.7 Å². The third kappa shape index (κ3) is 6.82. The molecule has 0 atom stereocenters. The average molecular weight is 388 g/mol. The Morgan fingerprint density at radius 3 is 2.61 bits per heavy atom. The maximum Gasteiger partial charge on any atom is 0.321 e. The van der Waals surface area contributed by atoms with Gasteiger partial charge in [-0.3, -0.25) is 19.7 Å². The van der Waals surface area contributed by atoms with Crippen molar-refractivity contribution in [2.75, 3.05) is 19.7 Å². The van der Waals surface area contributed by atoms with Gasteiger partial charge in [-0.25, -0.2) is 9.80 Å². The van der Waals surface area contributed by atoms with Gasteiger partial charge < -0.3 is 10.1 Å². The van der Waals surface area contributed by atoms with E-state index in [2.05, 4.69) is 10.4 Å². The van der Waals surface area contributed by atoms with Gasteiger partial charge in [0.25, 0.3) is 5.91 Å². The van der Waals surface area contributed by atoms with E-state index in [0.29, 0.717) is 19.5 Å². The minimum atomic E-state index is -0.732. The number of hydrogen-bond donors (Lipinski definition) is 2. The van der Waals surface area contributed by atoms with Gasteiger partial charge in [-0.05, 0) is 12.0 Å². The van der Waals surface area contributed by atoms with E-state index >= 15 is 0 Å². The number of carbonyl (C=O) groups is 4. The predicted molar refractivity (Wildman–Crippen MR) is 101 cm³/mol. The molecule has 0 bridgehead atoms. The maximum absolute atomic E-state index is 12.2. The molecule has 0 aromatic heterocycles. The molecule has 1 aliphatic heterocycles. The van der Waals surface area contributed by atoms with Crippen molar-refractivity contribution >= 4 is 29.5 Å². The Balaban J connectivity index is 1.68. The van der Waals surface area contributed by atoms with Crippen LogP contribution in [0.25, 0.3) is 0 Å². The number of carbonyl (C=O) groups excluding carboxylic acids is 4. The second-order valence-corrected chi connectivity index (χ2v) is 6.14. The zero-order chi connectivity index (χ0) is 20.4. The van der Waals surface area contributed by atoms with Crippen LogP contribution in [0.2, 0.25) is 0 Å². The first-order valence-electron chi connectivity index (χ1n) is 9.16. The van der Waals surface area contributed by atoms with E-state index in [1.807, 2.05) is 42.6 Å². The molecule has 2 rings (SSSR count). The van der Waals surface area contributed by atoms with Gasteiger partial charge >= 0.3 is 12.0 Å². The Morgan fingerprint density at radius 1 is 1.14 bits per heavy atom. The summed E-state index contributed by atoms with van der Waals surface area (Å²) in [6.45, 7) is 2.20. The fourth-order valence-electron chi connectivity index (χ4n) is 2.47. The summed E-state index contributed by atoms with van der Waals surface area (Å²) in [5.74, 6) is -1.71. The molecule has 9 nitrogen and oxygen atoms in total. The summed E-state index contributed by atoms with van der Waals surface area (Å²) < 4.78 is 4.78. The zero-order valence-electron chi connectivity index (χ0n) is 15.8. The van der Waals surface area contributed by atoms with Crippen molar-refractivity contribution in [3.63, 3.8) is 0 Å². The molecule has 4 amide bonds. The van der Waals surface area contributed by atoms with Crippen molar-refractivity contribution in [3.05, 3.63) is 35.9 Å². The fourth-order valence-corrected chi connectivity index (χ4v) is 2.47.